The van der Waals surface area contributed by atoms with Gasteiger partial charge in [0.1, 0.15) is 15.4 Å². The summed E-state index contributed by atoms with van der Waals surface area (Å²) < 4.78 is 10.2. The van der Waals surface area contributed by atoms with E-state index in [1.807, 2.05) is 0 Å². The van der Waals surface area contributed by atoms with Crippen LogP contribution in [-0.4, -0.2) is 35.9 Å². The van der Waals surface area contributed by atoms with Crippen molar-refractivity contribution < 1.29 is 23.9 Å². The van der Waals surface area contributed by atoms with Crippen LogP contribution >= 0.6 is 22.9 Å². The van der Waals surface area contributed by atoms with Crippen molar-refractivity contribution in [1.82, 2.24) is 4.98 Å². The summed E-state index contributed by atoms with van der Waals surface area (Å²) in [6.45, 7) is 5.55. The second-order valence-electron chi connectivity index (χ2n) is 5.92. The van der Waals surface area contributed by atoms with Crippen molar-refractivity contribution >= 4 is 50.9 Å². The summed E-state index contributed by atoms with van der Waals surface area (Å²) in [5.41, 5.74) is 1.14. The van der Waals surface area contributed by atoms with E-state index in [-0.39, 0.29) is 30.3 Å². The number of nitrogens with one attached hydrogen (secondary N) is 1. The summed E-state index contributed by atoms with van der Waals surface area (Å²) in [5.74, 6) is -1.48. The van der Waals surface area contributed by atoms with E-state index in [9.17, 15) is 14.4 Å². The van der Waals surface area contributed by atoms with Gasteiger partial charge in [0.2, 0.25) is 0 Å². The number of carbonyl (C=O) groups excluding carboxylic acids is 3. The monoisotopic (exact) mass is 419 g/mol. The maximum atomic E-state index is 13.3. The van der Waals surface area contributed by atoms with Gasteiger partial charge in [0.05, 0.1) is 18.8 Å². The fourth-order valence-corrected chi connectivity index (χ4v) is 4.25. The first kappa shape index (κ1) is 20.1. The Morgan fingerprint density at radius 2 is 1.79 bits per heavy atom. The molecule has 3 rings (SSSR count). The van der Waals surface area contributed by atoms with Crippen molar-refractivity contribution in [3.8, 4) is 0 Å². The standard InChI is InChI=1S/C20H18ClNO5S/c1-4-26-19(24)15-14(16(23)11-7-6-8-12(21)9-11)13-10(3)17(20(25)27-5-2)28-18(13)22-15/h6-9,22H,4-5H2,1-3H3. The van der Waals surface area contributed by atoms with Gasteiger partial charge in [-0.05, 0) is 38.5 Å². The zero-order valence-electron chi connectivity index (χ0n) is 15.6. The number of ether oxygens (including phenoxy) is 2. The van der Waals surface area contributed by atoms with E-state index in [0.29, 0.717) is 31.2 Å². The minimum absolute atomic E-state index is 0.0617. The third kappa shape index (κ3) is 3.55. The average molecular weight is 420 g/mol. The summed E-state index contributed by atoms with van der Waals surface area (Å²) in [7, 11) is 0. The SMILES string of the molecule is CCOC(=O)c1[nH]c2sc(C(=O)OCC)c(C)c2c1C(=O)c1cccc(Cl)c1. The number of aryl methyl sites for hydroxylation is 1. The highest BCUT2D eigenvalue weighted by Crippen LogP contribution is 2.37. The summed E-state index contributed by atoms with van der Waals surface area (Å²) in [6, 6.07) is 6.47. The molecule has 0 atom stereocenters. The van der Waals surface area contributed by atoms with Crippen LogP contribution in [0.15, 0.2) is 24.3 Å². The molecule has 146 valence electrons. The van der Waals surface area contributed by atoms with E-state index in [1.165, 1.54) is 6.07 Å². The quantitative estimate of drug-likeness (QED) is 0.459. The van der Waals surface area contributed by atoms with Crippen LogP contribution in [0.25, 0.3) is 10.2 Å². The molecule has 1 aromatic carbocycles. The van der Waals surface area contributed by atoms with Crippen molar-refractivity contribution in [1.29, 1.82) is 0 Å². The number of aromatic amines is 1. The first-order chi connectivity index (χ1) is 13.4. The van der Waals surface area contributed by atoms with Crippen LogP contribution in [-0.2, 0) is 9.47 Å². The van der Waals surface area contributed by atoms with Crippen molar-refractivity contribution in [3.05, 3.63) is 56.5 Å². The molecule has 0 bridgehead atoms. The fraction of sp³-hybridized carbons (Fsp3) is 0.250. The predicted molar refractivity (Wildman–Crippen MR) is 108 cm³/mol. The number of hydrogen-bond donors (Lipinski definition) is 1. The van der Waals surface area contributed by atoms with Gasteiger partial charge in [-0.1, -0.05) is 23.7 Å². The second kappa shape index (κ2) is 8.16. The van der Waals surface area contributed by atoms with E-state index in [2.05, 4.69) is 4.98 Å². The third-order valence-corrected chi connectivity index (χ3v) is 5.56. The van der Waals surface area contributed by atoms with Crippen molar-refractivity contribution in [2.24, 2.45) is 0 Å². The van der Waals surface area contributed by atoms with Crippen LogP contribution in [0.5, 0.6) is 0 Å². The van der Waals surface area contributed by atoms with E-state index in [0.717, 1.165) is 11.3 Å². The first-order valence-corrected chi connectivity index (χ1v) is 9.88. The lowest BCUT2D eigenvalue weighted by Crippen LogP contribution is -2.12. The Labute approximate surface area is 170 Å². The molecule has 0 aliphatic carbocycles. The Kier molecular flexibility index (Phi) is 5.86. The molecule has 1 N–H and O–H groups in total. The first-order valence-electron chi connectivity index (χ1n) is 8.68. The minimum atomic E-state index is -0.631. The molecule has 0 amide bonds. The second-order valence-corrected chi connectivity index (χ2v) is 7.37. The Morgan fingerprint density at radius 3 is 2.43 bits per heavy atom. The van der Waals surface area contributed by atoms with Gasteiger partial charge >= 0.3 is 11.9 Å². The normalized spacial score (nSPS) is 10.9. The lowest BCUT2D eigenvalue weighted by molar-refractivity contribution is 0.0514. The maximum absolute atomic E-state index is 13.3. The number of carbonyl (C=O) groups is 3. The lowest BCUT2D eigenvalue weighted by Gasteiger charge is -2.06. The van der Waals surface area contributed by atoms with Gasteiger partial charge < -0.3 is 14.5 Å². The maximum Gasteiger partial charge on any atom is 0.355 e. The largest absolute Gasteiger partial charge is 0.462 e. The third-order valence-electron chi connectivity index (χ3n) is 4.14. The van der Waals surface area contributed by atoms with Gasteiger partial charge in [0.15, 0.2) is 5.78 Å². The molecule has 28 heavy (non-hydrogen) atoms. The molecular weight excluding hydrogens is 402 g/mol. The number of ketones is 1. The summed E-state index contributed by atoms with van der Waals surface area (Å²) in [5, 5.41) is 0.922. The van der Waals surface area contributed by atoms with Crippen LogP contribution in [0.1, 0.15) is 55.5 Å². The van der Waals surface area contributed by atoms with Crippen LogP contribution in [0, 0.1) is 6.92 Å². The summed E-state index contributed by atoms with van der Waals surface area (Å²) in [4.78, 5) is 41.8. The van der Waals surface area contributed by atoms with Gasteiger partial charge in [-0.25, -0.2) is 9.59 Å². The van der Waals surface area contributed by atoms with Crippen molar-refractivity contribution in [2.75, 3.05) is 13.2 Å². The predicted octanol–water partition coefficient (Wildman–Crippen LogP) is 4.78. The number of thiophene rings is 1. The number of halogens is 1. The van der Waals surface area contributed by atoms with Crippen LogP contribution in [0.3, 0.4) is 0 Å². The highest BCUT2D eigenvalue weighted by molar-refractivity contribution is 7.20. The van der Waals surface area contributed by atoms with Gasteiger partial charge in [0.25, 0.3) is 0 Å². The molecule has 2 aromatic heterocycles. The molecule has 8 heteroatoms. The number of H-pyrrole nitrogens is 1. The Bertz CT molecular complexity index is 1080. The molecule has 0 unspecified atom stereocenters. The Balaban J connectivity index is 2.23. The molecule has 3 aromatic rings. The lowest BCUT2D eigenvalue weighted by atomic mass is 9.99. The van der Waals surface area contributed by atoms with Crippen LogP contribution < -0.4 is 0 Å². The molecule has 0 aliphatic heterocycles. The highest BCUT2D eigenvalue weighted by atomic mass is 35.5. The van der Waals surface area contributed by atoms with E-state index in [1.54, 1.807) is 39.0 Å². The zero-order valence-corrected chi connectivity index (χ0v) is 17.1. The number of aromatic nitrogens is 1. The zero-order chi connectivity index (χ0) is 20.4. The van der Waals surface area contributed by atoms with Gasteiger partial charge in [-0.2, -0.15) is 0 Å². The van der Waals surface area contributed by atoms with Gasteiger partial charge in [0, 0.05) is 16.0 Å². The van der Waals surface area contributed by atoms with Crippen LogP contribution in [0.4, 0.5) is 0 Å². The number of fused-ring (bicyclic) bond motifs is 1. The van der Waals surface area contributed by atoms with Crippen molar-refractivity contribution in [3.63, 3.8) is 0 Å². The van der Waals surface area contributed by atoms with E-state index < -0.39 is 11.9 Å². The fourth-order valence-electron chi connectivity index (χ4n) is 2.95. The topological polar surface area (TPSA) is 85.5 Å². The molecule has 2 heterocycles. The smallest absolute Gasteiger partial charge is 0.355 e. The van der Waals surface area contributed by atoms with Gasteiger partial charge in [-0.3, -0.25) is 4.79 Å². The molecule has 0 radical (unpaired) electrons. The highest BCUT2D eigenvalue weighted by Gasteiger charge is 2.30. The molecule has 6 nitrogen and oxygen atoms in total. The molecule has 0 saturated heterocycles. The molecule has 0 saturated carbocycles. The Morgan fingerprint density at radius 1 is 1.11 bits per heavy atom. The summed E-state index contributed by atoms with van der Waals surface area (Å²) in [6.07, 6.45) is 0. The number of hydrogen-bond acceptors (Lipinski definition) is 6. The number of esters is 2. The molecule has 0 aliphatic rings. The average Bonchev–Trinajstić information content (AvgIpc) is 3.19. The molecule has 0 fully saturated rings. The Hall–Kier alpha value is -2.64. The minimum Gasteiger partial charge on any atom is -0.462 e. The van der Waals surface area contributed by atoms with Gasteiger partial charge in [-0.15, -0.1) is 11.3 Å². The van der Waals surface area contributed by atoms with Crippen molar-refractivity contribution in [2.45, 2.75) is 20.8 Å². The molecule has 0 spiro atoms. The van der Waals surface area contributed by atoms with E-state index >= 15 is 0 Å². The van der Waals surface area contributed by atoms with E-state index in [4.69, 9.17) is 21.1 Å². The van der Waals surface area contributed by atoms with Crippen LogP contribution in [0.2, 0.25) is 5.02 Å². The number of benzene rings is 1. The number of rotatable bonds is 6. The molecular formula is C20H18ClNO5S. The summed E-state index contributed by atoms with van der Waals surface area (Å²) >= 11 is 7.16.